The highest BCUT2D eigenvalue weighted by Crippen LogP contribution is 2.55. The molecule has 0 heterocycles. The van der Waals surface area contributed by atoms with Gasteiger partial charge in [0.05, 0.1) is 12.1 Å². The van der Waals surface area contributed by atoms with Crippen LogP contribution in [0.3, 0.4) is 0 Å². The molecule has 0 aromatic heterocycles. The van der Waals surface area contributed by atoms with E-state index in [1.807, 2.05) is 0 Å². The summed E-state index contributed by atoms with van der Waals surface area (Å²) in [5.41, 5.74) is 1.23. The lowest BCUT2D eigenvalue weighted by atomic mass is 10.6. The smallest absolute Gasteiger partial charge is 0.306 e. The number of halogens is 1. The van der Waals surface area contributed by atoms with Gasteiger partial charge in [-0.25, -0.2) is 0 Å². The normalized spacial score (nSPS) is 14.9. The number of rotatable bonds is 8. The van der Waals surface area contributed by atoms with Crippen LogP contribution < -0.4 is 5.09 Å². The minimum absolute atomic E-state index is 0.404. The molecule has 7 heteroatoms. The highest BCUT2D eigenvalue weighted by Gasteiger charge is 2.20. The fraction of sp³-hybridized carbons (Fsp3) is 0.833. The Morgan fingerprint density at radius 1 is 1.77 bits per heavy atom. The van der Waals surface area contributed by atoms with E-state index < -0.39 is 6.72 Å². The summed E-state index contributed by atoms with van der Waals surface area (Å²) in [5.74, 6) is 1.27. The van der Waals surface area contributed by atoms with Gasteiger partial charge in [0.2, 0.25) is 0 Å². The second kappa shape index (κ2) is 8.06. The topological polar surface area (TPSA) is 38.3 Å². The third kappa shape index (κ3) is 6.75. The van der Waals surface area contributed by atoms with Gasteiger partial charge in [0.25, 0.3) is 0 Å². The van der Waals surface area contributed by atoms with Crippen LogP contribution in [0.15, 0.2) is 0 Å². The molecule has 0 bridgehead atoms. The van der Waals surface area contributed by atoms with Crippen molar-refractivity contribution in [2.24, 2.45) is 0 Å². The first-order valence-electron chi connectivity index (χ1n) is 3.85. The van der Waals surface area contributed by atoms with Crippen molar-refractivity contribution < 1.29 is 9.09 Å². The Hall–Kier alpha value is 0.720. The molecule has 0 aromatic rings. The first-order chi connectivity index (χ1) is 6.18. The number of hydrogen-bond acceptors (Lipinski definition) is 4. The van der Waals surface area contributed by atoms with E-state index in [0.29, 0.717) is 18.2 Å². The molecule has 1 unspecified atom stereocenters. The minimum atomic E-state index is -2.80. The van der Waals surface area contributed by atoms with Crippen molar-refractivity contribution in [3.63, 3.8) is 0 Å². The lowest BCUT2D eigenvalue weighted by Crippen LogP contribution is -2.06. The lowest BCUT2D eigenvalue weighted by Gasteiger charge is -2.15. The molecule has 0 fully saturated rings. The summed E-state index contributed by atoms with van der Waals surface area (Å²) in [6.45, 7) is -0.605. The maximum atomic E-state index is 11.8. The molecule has 0 aliphatic rings. The quantitative estimate of drug-likeness (QED) is 0.315. The summed E-state index contributed by atoms with van der Waals surface area (Å²) >= 11 is 11.3. The molecule has 78 valence electrons. The number of hydrogen-bond donors (Lipinski definition) is 1. The van der Waals surface area contributed by atoms with Crippen molar-refractivity contribution >= 4 is 47.4 Å². The van der Waals surface area contributed by atoms with Gasteiger partial charge >= 0.3 is 6.72 Å². The lowest BCUT2D eigenvalue weighted by molar-refractivity contribution is 0.343. The molecule has 0 rings (SSSR count). The van der Waals surface area contributed by atoms with Crippen LogP contribution in [0.1, 0.15) is 13.3 Å². The summed E-state index contributed by atoms with van der Waals surface area (Å²) in [7, 11) is 0. The van der Waals surface area contributed by atoms with Gasteiger partial charge in [0, 0.05) is 11.6 Å². The van der Waals surface area contributed by atoms with E-state index in [9.17, 15) is 4.57 Å². The number of nitrogens with one attached hydrogen (secondary N) is 1. The van der Waals surface area contributed by atoms with Crippen LogP contribution in [0.25, 0.3) is 0 Å². The second-order valence-electron chi connectivity index (χ2n) is 2.04. The summed E-state index contributed by atoms with van der Waals surface area (Å²) in [5, 5.41) is 2.56. The van der Waals surface area contributed by atoms with Crippen molar-refractivity contribution in [3.05, 3.63) is 0 Å². The van der Waals surface area contributed by atoms with Crippen molar-refractivity contribution in [2.75, 3.05) is 18.2 Å². The highest BCUT2D eigenvalue weighted by atomic mass is 35.5. The van der Waals surface area contributed by atoms with E-state index in [0.717, 1.165) is 6.42 Å². The van der Waals surface area contributed by atoms with Crippen LogP contribution in [0.4, 0.5) is 0 Å². The minimum Gasteiger partial charge on any atom is -0.306 e. The predicted molar refractivity (Wildman–Crippen MR) is 63.8 cm³/mol. The molecule has 0 aliphatic carbocycles. The molecule has 3 nitrogen and oxygen atoms in total. The van der Waals surface area contributed by atoms with E-state index in [1.165, 1.54) is 16.9 Å². The third-order valence-corrected chi connectivity index (χ3v) is 5.66. The van der Waals surface area contributed by atoms with Crippen LogP contribution in [-0.2, 0) is 9.09 Å². The molecule has 0 aliphatic heterocycles. The fourth-order valence-corrected chi connectivity index (χ4v) is 4.73. The van der Waals surface area contributed by atoms with Crippen LogP contribution >= 0.6 is 41.9 Å². The van der Waals surface area contributed by atoms with Gasteiger partial charge in [-0.2, -0.15) is 0 Å². The Balaban J connectivity index is 3.91. The van der Waals surface area contributed by atoms with E-state index in [1.54, 1.807) is 6.92 Å². The summed E-state index contributed by atoms with van der Waals surface area (Å²) in [4.78, 5) is 0. The standard InChI is InChI=1S/C6H13ClNO2PS2/c1-2-10-11(9,8-6-12)13-5-3-4-7/h6H,2-5H2,1H3,(H,8,9,12). The number of alkyl halides is 1. The van der Waals surface area contributed by atoms with Gasteiger partial charge in [0.15, 0.2) is 0 Å². The number of thiocarbonyl (C=S) groups is 1. The molecular weight excluding hydrogens is 249 g/mol. The molecule has 0 radical (unpaired) electrons. The van der Waals surface area contributed by atoms with Crippen molar-refractivity contribution in [1.29, 1.82) is 0 Å². The molecule has 0 aromatic carbocycles. The van der Waals surface area contributed by atoms with E-state index in [-0.39, 0.29) is 0 Å². The van der Waals surface area contributed by atoms with Crippen LogP contribution in [-0.4, -0.2) is 23.7 Å². The molecule has 0 amide bonds. The van der Waals surface area contributed by atoms with Crippen LogP contribution in [0, 0.1) is 0 Å². The molecular formula is C6H13ClNO2PS2. The predicted octanol–water partition coefficient (Wildman–Crippen LogP) is 3.04. The van der Waals surface area contributed by atoms with Gasteiger partial charge in [-0.1, -0.05) is 12.2 Å². The van der Waals surface area contributed by atoms with Crippen molar-refractivity contribution in [1.82, 2.24) is 5.09 Å². The Morgan fingerprint density at radius 3 is 2.92 bits per heavy atom. The maximum absolute atomic E-state index is 11.8. The van der Waals surface area contributed by atoms with Crippen molar-refractivity contribution in [3.8, 4) is 0 Å². The zero-order valence-electron chi connectivity index (χ0n) is 7.36. The molecule has 13 heavy (non-hydrogen) atoms. The first-order valence-corrected chi connectivity index (χ1v) is 8.07. The zero-order valence-corrected chi connectivity index (χ0v) is 10.6. The van der Waals surface area contributed by atoms with Gasteiger partial charge in [0.1, 0.15) is 0 Å². The largest absolute Gasteiger partial charge is 0.351 e. The first kappa shape index (κ1) is 13.7. The van der Waals surface area contributed by atoms with Gasteiger partial charge in [-0.05, 0) is 24.7 Å². The van der Waals surface area contributed by atoms with E-state index >= 15 is 0 Å². The average Bonchev–Trinajstić information content (AvgIpc) is 2.05. The average molecular weight is 262 g/mol. The summed E-state index contributed by atoms with van der Waals surface area (Å²) in [6, 6.07) is 0. The van der Waals surface area contributed by atoms with Crippen LogP contribution in [0.2, 0.25) is 0 Å². The Kier molecular flexibility index (Phi) is 8.51. The molecule has 0 saturated heterocycles. The summed E-state index contributed by atoms with van der Waals surface area (Å²) < 4.78 is 16.9. The van der Waals surface area contributed by atoms with E-state index in [2.05, 4.69) is 17.3 Å². The monoisotopic (exact) mass is 261 g/mol. The Bertz CT molecular complexity index is 193. The van der Waals surface area contributed by atoms with Gasteiger partial charge in [-0.3, -0.25) is 4.57 Å². The Morgan fingerprint density at radius 2 is 2.46 bits per heavy atom. The van der Waals surface area contributed by atoms with Gasteiger partial charge < -0.3 is 9.61 Å². The Labute approximate surface area is 93.2 Å². The SMILES string of the molecule is CCOP(=O)(NC=S)SCCCCl. The fourth-order valence-electron chi connectivity index (χ4n) is 0.586. The van der Waals surface area contributed by atoms with Crippen molar-refractivity contribution in [2.45, 2.75) is 13.3 Å². The molecule has 1 N–H and O–H groups in total. The summed E-state index contributed by atoms with van der Waals surface area (Å²) in [6.07, 6.45) is 0.808. The molecule has 1 atom stereocenters. The molecule has 0 spiro atoms. The molecule has 0 saturated carbocycles. The van der Waals surface area contributed by atoms with Gasteiger partial charge in [-0.15, -0.1) is 11.6 Å². The highest BCUT2D eigenvalue weighted by molar-refractivity contribution is 8.56. The second-order valence-corrected chi connectivity index (χ2v) is 7.05. The van der Waals surface area contributed by atoms with Crippen LogP contribution in [0.5, 0.6) is 0 Å². The third-order valence-electron chi connectivity index (χ3n) is 1.05. The van der Waals surface area contributed by atoms with E-state index in [4.69, 9.17) is 16.1 Å². The zero-order chi connectivity index (χ0) is 10.2. The maximum Gasteiger partial charge on any atom is 0.351 e.